The van der Waals surface area contributed by atoms with E-state index in [2.05, 4.69) is 60.9 Å². The normalized spacial score (nSPS) is 11.7. The first-order valence-electron chi connectivity index (χ1n) is 7.86. The highest BCUT2D eigenvalue weighted by Crippen LogP contribution is 2.14. The van der Waals surface area contributed by atoms with Crippen molar-refractivity contribution in [3.63, 3.8) is 0 Å². The van der Waals surface area contributed by atoms with Gasteiger partial charge in [0.1, 0.15) is 0 Å². The average Bonchev–Trinajstić information content (AvgIpc) is 2.55. The maximum Gasteiger partial charge on any atom is 0.167 e. The summed E-state index contributed by atoms with van der Waals surface area (Å²) in [6.45, 7) is 5.08. The highest BCUT2D eigenvalue weighted by atomic mass is 32.1. The summed E-state index contributed by atoms with van der Waals surface area (Å²) >= 11 is 5.37. The molecule has 3 heteroatoms. The molecule has 2 rings (SSSR count). The van der Waals surface area contributed by atoms with Crippen molar-refractivity contribution < 1.29 is 0 Å². The largest absolute Gasteiger partial charge is 0.359 e. The van der Waals surface area contributed by atoms with Gasteiger partial charge in [-0.2, -0.15) is 0 Å². The Morgan fingerprint density at radius 1 is 1.00 bits per heavy atom. The van der Waals surface area contributed by atoms with Gasteiger partial charge in [-0.1, -0.05) is 67.9 Å². The van der Waals surface area contributed by atoms with Gasteiger partial charge in [-0.15, -0.1) is 0 Å². The van der Waals surface area contributed by atoms with Gasteiger partial charge in [-0.05, 0) is 42.3 Å². The summed E-state index contributed by atoms with van der Waals surface area (Å²) in [6.07, 6.45) is 2.32. The summed E-state index contributed by atoms with van der Waals surface area (Å²) in [5, 5.41) is 7.28. The fourth-order valence-corrected chi connectivity index (χ4v) is 2.62. The molecule has 0 aromatic heterocycles. The highest BCUT2D eigenvalue weighted by Gasteiger charge is 2.06. The van der Waals surface area contributed by atoms with Crippen LogP contribution in [0.25, 0.3) is 0 Å². The lowest BCUT2D eigenvalue weighted by atomic mass is 10.0. The zero-order valence-electron chi connectivity index (χ0n) is 13.3. The van der Waals surface area contributed by atoms with Crippen molar-refractivity contribution in [2.24, 2.45) is 0 Å². The summed E-state index contributed by atoms with van der Waals surface area (Å²) in [4.78, 5) is 0. The van der Waals surface area contributed by atoms with Crippen LogP contribution >= 0.6 is 12.2 Å². The van der Waals surface area contributed by atoms with Crippen LogP contribution in [0.4, 0.5) is 0 Å². The van der Waals surface area contributed by atoms with E-state index >= 15 is 0 Å². The molecule has 0 aliphatic heterocycles. The van der Waals surface area contributed by atoms with Crippen molar-refractivity contribution in [2.75, 3.05) is 0 Å². The summed E-state index contributed by atoms with van der Waals surface area (Å²) in [6, 6.07) is 19.2. The van der Waals surface area contributed by atoms with E-state index < -0.39 is 0 Å². The molecule has 1 unspecified atom stereocenters. The molecule has 0 aliphatic rings. The number of benzene rings is 2. The molecule has 0 saturated heterocycles. The van der Waals surface area contributed by atoms with Gasteiger partial charge < -0.3 is 10.6 Å². The van der Waals surface area contributed by atoms with E-state index in [0.29, 0.717) is 5.11 Å². The standard InChI is InChI=1S/C19H24N2S/c1-3-7-16-10-12-18(13-11-16)15(2)21-19(22)20-14-17-8-5-4-6-9-17/h4-6,8-13,15H,3,7,14H2,1-2H3,(H2,20,21,22). The van der Waals surface area contributed by atoms with Gasteiger partial charge in [0.05, 0.1) is 6.04 Å². The molecule has 2 nitrogen and oxygen atoms in total. The molecule has 0 saturated carbocycles. The molecule has 1 atom stereocenters. The van der Waals surface area contributed by atoms with Crippen molar-refractivity contribution in [1.82, 2.24) is 10.6 Å². The lowest BCUT2D eigenvalue weighted by molar-refractivity contribution is 0.697. The topological polar surface area (TPSA) is 24.1 Å². The predicted molar refractivity (Wildman–Crippen MR) is 97.9 cm³/mol. The Morgan fingerprint density at radius 2 is 1.68 bits per heavy atom. The van der Waals surface area contributed by atoms with E-state index in [-0.39, 0.29) is 6.04 Å². The zero-order valence-corrected chi connectivity index (χ0v) is 14.1. The minimum atomic E-state index is 0.200. The Hall–Kier alpha value is -1.87. The quantitative estimate of drug-likeness (QED) is 0.775. The Morgan fingerprint density at radius 3 is 2.32 bits per heavy atom. The van der Waals surface area contributed by atoms with Crippen molar-refractivity contribution in [3.05, 3.63) is 71.3 Å². The van der Waals surface area contributed by atoms with Crippen molar-refractivity contribution in [3.8, 4) is 0 Å². The maximum absolute atomic E-state index is 5.37. The maximum atomic E-state index is 5.37. The highest BCUT2D eigenvalue weighted by molar-refractivity contribution is 7.80. The molecule has 0 spiro atoms. The van der Waals surface area contributed by atoms with Crippen LogP contribution in [0.5, 0.6) is 0 Å². The molecule has 0 heterocycles. The van der Waals surface area contributed by atoms with Crippen LogP contribution in [-0.2, 0) is 13.0 Å². The second-order valence-electron chi connectivity index (χ2n) is 5.53. The Balaban J connectivity index is 1.82. The Labute approximate surface area is 139 Å². The number of hydrogen-bond donors (Lipinski definition) is 2. The first-order chi connectivity index (χ1) is 10.7. The van der Waals surface area contributed by atoms with Gasteiger partial charge in [-0.3, -0.25) is 0 Å². The van der Waals surface area contributed by atoms with E-state index in [1.165, 1.54) is 23.1 Å². The smallest absolute Gasteiger partial charge is 0.167 e. The first kappa shape index (κ1) is 16.5. The van der Waals surface area contributed by atoms with Gasteiger partial charge >= 0.3 is 0 Å². The molecule has 116 valence electrons. The van der Waals surface area contributed by atoms with E-state index in [1.54, 1.807) is 0 Å². The van der Waals surface area contributed by atoms with Gasteiger partial charge in [0.25, 0.3) is 0 Å². The van der Waals surface area contributed by atoms with E-state index in [4.69, 9.17) is 12.2 Å². The van der Waals surface area contributed by atoms with Crippen LogP contribution in [0, 0.1) is 0 Å². The fraction of sp³-hybridized carbons (Fsp3) is 0.316. The van der Waals surface area contributed by atoms with Crippen LogP contribution in [0.3, 0.4) is 0 Å². The molecule has 22 heavy (non-hydrogen) atoms. The summed E-state index contributed by atoms with van der Waals surface area (Å²) in [7, 11) is 0. The Bertz CT molecular complexity index is 578. The second kappa shape index (κ2) is 8.54. The third kappa shape index (κ3) is 5.15. The number of rotatable bonds is 6. The lowest BCUT2D eigenvalue weighted by Crippen LogP contribution is -2.36. The SMILES string of the molecule is CCCc1ccc(C(C)NC(=S)NCc2ccccc2)cc1. The number of thiocarbonyl (C=S) groups is 1. The van der Waals surface area contributed by atoms with Gasteiger partial charge in [0.15, 0.2) is 5.11 Å². The fourth-order valence-electron chi connectivity index (χ4n) is 2.37. The van der Waals surface area contributed by atoms with Crippen molar-refractivity contribution in [1.29, 1.82) is 0 Å². The van der Waals surface area contributed by atoms with Gasteiger partial charge in [0.2, 0.25) is 0 Å². The third-order valence-electron chi connectivity index (χ3n) is 3.66. The molecular weight excluding hydrogens is 288 g/mol. The van der Waals surface area contributed by atoms with Crippen LogP contribution < -0.4 is 10.6 Å². The van der Waals surface area contributed by atoms with Gasteiger partial charge in [0, 0.05) is 6.54 Å². The lowest BCUT2D eigenvalue weighted by Gasteiger charge is -2.18. The molecule has 0 bridgehead atoms. The molecule has 0 radical (unpaired) electrons. The second-order valence-corrected chi connectivity index (χ2v) is 5.93. The molecule has 0 aliphatic carbocycles. The van der Waals surface area contributed by atoms with E-state index in [0.717, 1.165) is 13.0 Å². The number of nitrogens with one attached hydrogen (secondary N) is 2. The molecule has 0 amide bonds. The van der Waals surface area contributed by atoms with Crippen LogP contribution in [0.2, 0.25) is 0 Å². The van der Waals surface area contributed by atoms with Gasteiger partial charge in [-0.25, -0.2) is 0 Å². The number of hydrogen-bond acceptors (Lipinski definition) is 1. The van der Waals surface area contributed by atoms with Crippen molar-refractivity contribution >= 4 is 17.3 Å². The zero-order chi connectivity index (χ0) is 15.8. The van der Waals surface area contributed by atoms with Crippen molar-refractivity contribution in [2.45, 2.75) is 39.3 Å². The van der Waals surface area contributed by atoms with Crippen LogP contribution in [0.1, 0.15) is 43.0 Å². The summed E-state index contributed by atoms with van der Waals surface area (Å²) in [5.41, 5.74) is 3.87. The minimum Gasteiger partial charge on any atom is -0.359 e. The molecular formula is C19H24N2S. The van der Waals surface area contributed by atoms with E-state index in [9.17, 15) is 0 Å². The Kier molecular flexibility index (Phi) is 6.41. The predicted octanol–water partition coefficient (Wildman–Crippen LogP) is 4.36. The minimum absolute atomic E-state index is 0.200. The molecule has 2 aromatic rings. The summed E-state index contributed by atoms with van der Waals surface area (Å²) in [5.74, 6) is 0. The summed E-state index contributed by atoms with van der Waals surface area (Å²) < 4.78 is 0. The van der Waals surface area contributed by atoms with E-state index in [1.807, 2.05) is 18.2 Å². The number of aryl methyl sites for hydroxylation is 1. The molecule has 2 aromatic carbocycles. The first-order valence-corrected chi connectivity index (χ1v) is 8.27. The molecule has 0 fully saturated rings. The van der Waals surface area contributed by atoms with Crippen LogP contribution in [-0.4, -0.2) is 5.11 Å². The third-order valence-corrected chi connectivity index (χ3v) is 3.92. The molecule has 2 N–H and O–H groups in total. The monoisotopic (exact) mass is 312 g/mol. The average molecular weight is 312 g/mol. The van der Waals surface area contributed by atoms with Crippen LogP contribution in [0.15, 0.2) is 54.6 Å².